The van der Waals surface area contributed by atoms with Gasteiger partial charge in [0, 0.05) is 13.0 Å². The van der Waals surface area contributed by atoms with Gasteiger partial charge in [-0.2, -0.15) is 0 Å². The van der Waals surface area contributed by atoms with Gasteiger partial charge in [0.15, 0.2) is 0 Å². The molecule has 6 nitrogen and oxygen atoms in total. The van der Waals surface area contributed by atoms with E-state index in [0.717, 1.165) is 11.3 Å². The van der Waals surface area contributed by atoms with Gasteiger partial charge in [-0.15, -0.1) is 11.3 Å². The normalized spacial score (nSPS) is 14.8. The fourth-order valence-corrected chi connectivity index (χ4v) is 3.49. The highest BCUT2D eigenvalue weighted by Gasteiger charge is 2.23. The molecule has 0 aliphatic rings. The van der Waals surface area contributed by atoms with Crippen LogP contribution in [0.5, 0.6) is 0 Å². The molecule has 1 aromatic rings. The number of rotatable bonds is 8. The van der Waals surface area contributed by atoms with Gasteiger partial charge in [0.25, 0.3) is 0 Å². The zero-order chi connectivity index (χ0) is 15.2. The Bertz CT molecular complexity index is 522. The van der Waals surface area contributed by atoms with E-state index in [9.17, 15) is 18.3 Å². The molecule has 1 atom stereocenters. The molecule has 0 bridgehead atoms. The topological polar surface area (TPSA) is 95.5 Å². The highest BCUT2D eigenvalue weighted by molar-refractivity contribution is 7.91. The van der Waals surface area contributed by atoms with Gasteiger partial charge in [0.2, 0.25) is 15.9 Å². The number of nitrogens with one attached hydrogen (secondary N) is 2. The summed E-state index contributed by atoms with van der Waals surface area (Å²) in [5.74, 6) is -0.294. The average Bonchev–Trinajstić information content (AvgIpc) is 2.93. The van der Waals surface area contributed by atoms with Crippen molar-refractivity contribution in [2.24, 2.45) is 0 Å². The predicted octanol–water partition coefficient (Wildman–Crippen LogP) is 0.694. The van der Waals surface area contributed by atoms with Gasteiger partial charge in [-0.25, -0.2) is 13.1 Å². The van der Waals surface area contributed by atoms with Gasteiger partial charge in [-0.05, 0) is 24.8 Å². The van der Waals surface area contributed by atoms with Crippen molar-refractivity contribution in [3.8, 4) is 0 Å². The largest absolute Gasteiger partial charge is 0.394 e. The lowest BCUT2D eigenvalue weighted by molar-refractivity contribution is -0.123. The van der Waals surface area contributed by atoms with Crippen LogP contribution in [0.4, 0.5) is 0 Å². The Morgan fingerprint density at radius 3 is 2.70 bits per heavy atom. The van der Waals surface area contributed by atoms with Gasteiger partial charge in [0.1, 0.15) is 4.21 Å². The molecule has 1 rings (SSSR count). The molecule has 0 radical (unpaired) electrons. The predicted molar refractivity (Wildman–Crippen MR) is 78.0 cm³/mol. The van der Waals surface area contributed by atoms with Crippen LogP contribution in [0.2, 0.25) is 0 Å². The summed E-state index contributed by atoms with van der Waals surface area (Å²) < 4.78 is 26.2. The van der Waals surface area contributed by atoms with E-state index < -0.39 is 15.6 Å². The zero-order valence-electron chi connectivity index (χ0n) is 11.5. The van der Waals surface area contributed by atoms with Crippen LogP contribution in [0, 0.1) is 0 Å². The van der Waals surface area contributed by atoms with Gasteiger partial charge < -0.3 is 10.4 Å². The fraction of sp³-hybridized carbons (Fsp3) is 0.583. The quantitative estimate of drug-likeness (QED) is 0.657. The summed E-state index contributed by atoms with van der Waals surface area (Å²) in [4.78, 5) is 11.7. The lowest BCUT2D eigenvalue weighted by atomic mass is 10.0. The van der Waals surface area contributed by atoms with Crippen molar-refractivity contribution < 1.29 is 18.3 Å². The Hall–Kier alpha value is -0.960. The summed E-state index contributed by atoms with van der Waals surface area (Å²) in [5.41, 5.74) is -0.663. The number of carbonyl (C=O) groups is 1. The maximum Gasteiger partial charge on any atom is 0.250 e. The second-order valence-corrected chi connectivity index (χ2v) is 7.64. The number of carbonyl (C=O) groups excluding carboxylic acids is 1. The van der Waals surface area contributed by atoms with E-state index >= 15 is 0 Å². The molecule has 0 fully saturated rings. The van der Waals surface area contributed by atoms with Gasteiger partial charge in [0.05, 0.1) is 12.1 Å². The Morgan fingerprint density at radius 1 is 1.50 bits per heavy atom. The molecule has 1 amide bonds. The second-order valence-electron chi connectivity index (χ2n) is 4.70. The summed E-state index contributed by atoms with van der Waals surface area (Å²) in [6.45, 7) is 3.46. The summed E-state index contributed by atoms with van der Waals surface area (Å²) >= 11 is 1.12. The third kappa shape index (κ3) is 4.86. The number of aliphatic hydroxyl groups is 1. The molecule has 1 heterocycles. The number of aliphatic hydroxyl groups excluding tert-OH is 1. The molecule has 1 unspecified atom stereocenters. The van der Waals surface area contributed by atoms with E-state index in [-0.39, 0.29) is 29.7 Å². The molecule has 0 saturated heterocycles. The van der Waals surface area contributed by atoms with Crippen LogP contribution in [0.1, 0.15) is 26.7 Å². The minimum absolute atomic E-state index is 0.0251. The summed E-state index contributed by atoms with van der Waals surface area (Å²) in [7, 11) is -3.53. The number of thiophene rings is 1. The molecule has 1 aromatic heterocycles. The van der Waals surface area contributed by atoms with Gasteiger partial charge in [-0.1, -0.05) is 13.0 Å². The van der Waals surface area contributed by atoms with E-state index in [1.807, 2.05) is 6.92 Å². The summed E-state index contributed by atoms with van der Waals surface area (Å²) in [5, 5.41) is 13.6. The van der Waals surface area contributed by atoms with Gasteiger partial charge >= 0.3 is 0 Å². The van der Waals surface area contributed by atoms with Crippen LogP contribution in [-0.2, 0) is 14.8 Å². The Kier molecular flexibility index (Phi) is 6.12. The molecular formula is C12H20N2O4S2. The third-order valence-corrected chi connectivity index (χ3v) is 5.83. The van der Waals surface area contributed by atoms with E-state index in [1.165, 1.54) is 6.07 Å². The summed E-state index contributed by atoms with van der Waals surface area (Å²) in [6.07, 6.45) is 0.621. The van der Waals surface area contributed by atoms with Crippen LogP contribution < -0.4 is 10.0 Å². The molecule has 8 heteroatoms. The number of sulfonamides is 1. The molecule has 0 spiro atoms. The molecule has 3 N–H and O–H groups in total. The number of amides is 1. The van der Waals surface area contributed by atoms with Crippen molar-refractivity contribution in [2.75, 3.05) is 13.2 Å². The molecule has 0 aliphatic carbocycles. The van der Waals surface area contributed by atoms with E-state index in [2.05, 4.69) is 10.0 Å². The first kappa shape index (κ1) is 17.1. The van der Waals surface area contributed by atoms with Crippen LogP contribution in [0.3, 0.4) is 0 Å². The monoisotopic (exact) mass is 320 g/mol. The average molecular weight is 320 g/mol. The van der Waals surface area contributed by atoms with E-state index in [0.29, 0.717) is 6.42 Å². The van der Waals surface area contributed by atoms with Crippen LogP contribution in [-0.4, -0.2) is 38.1 Å². The van der Waals surface area contributed by atoms with E-state index in [1.54, 1.807) is 18.4 Å². The smallest absolute Gasteiger partial charge is 0.250 e. The zero-order valence-corrected chi connectivity index (χ0v) is 13.2. The van der Waals surface area contributed by atoms with Crippen LogP contribution >= 0.6 is 11.3 Å². The molecule has 0 aliphatic heterocycles. The third-order valence-electron chi connectivity index (χ3n) is 2.97. The lowest BCUT2D eigenvalue weighted by Gasteiger charge is -2.27. The van der Waals surface area contributed by atoms with Crippen LogP contribution in [0.25, 0.3) is 0 Å². The van der Waals surface area contributed by atoms with Crippen molar-refractivity contribution in [3.05, 3.63) is 17.5 Å². The van der Waals surface area contributed by atoms with Crippen molar-refractivity contribution in [1.82, 2.24) is 10.0 Å². The standard InChI is InChI=1S/C12H20N2O4S2/c1-3-12(2,9-15)14-10(16)6-7-13-20(17,18)11-5-4-8-19-11/h4-5,8,13,15H,3,6-7,9H2,1-2H3,(H,14,16). The molecule has 0 saturated carbocycles. The molecule has 20 heavy (non-hydrogen) atoms. The van der Waals surface area contributed by atoms with Crippen LogP contribution in [0.15, 0.2) is 21.7 Å². The highest BCUT2D eigenvalue weighted by atomic mass is 32.2. The summed E-state index contributed by atoms with van der Waals surface area (Å²) in [6, 6.07) is 3.16. The Morgan fingerprint density at radius 2 is 2.20 bits per heavy atom. The first-order chi connectivity index (χ1) is 9.33. The molecule has 114 valence electrons. The first-order valence-corrected chi connectivity index (χ1v) is 8.64. The van der Waals surface area contributed by atoms with Crippen molar-refractivity contribution >= 4 is 27.3 Å². The lowest BCUT2D eigenvalue weighted by Crippen LogP contribution is -2.49. The first-order valence-electron chi connectivity index (χ1n) is 6.28. The SMILES string of the molecule is CCC(C)(CO)NC(=O)CCNS(=O)(=O)c1cccs1. The second kappa shape index (κ2) is 7.16. The highest BCUT2D eigenvalue weighted by Crippen LogP contribution is 2.15. The number of hydrogen-bond donors (Lipinski definition) is 3. The molecule has 0 aromatic carbocycles. The maximum atomic E-state index is 11.8. The fourth-order valence-electron chi connectivity index (χ4n) is 1.43. The van der Waals surface area contributed by atoms with Crippen molar-refractivity contribution in [2.45, 2.75) is 36.4 Å². The molecular weight excluding hydrogens is 300 g/mol. The minimum Gasteiger partial charge on any atom is -0.394 e. The van der Waals surface area contributed by atoms with Crippen molar-refractivity contribution in [3.63, 3.8) is 0 Å². The van der Waals surface area contributed by atoms with Gasteiger partial charge in [-0.3, -0.25) is 4.79 Å². The Labute approximate surface area is 123 Å². The van der Waals surface area contributed by atoms with Crippen molar-refractivity contribution in [1.29, 1.82) is 0 Å². The Balaban J connectivity index is 2.43. The maximum absolute atomic E-state index is 11.8. The van der Waals surface area contributed by atoms with E-state index in [4.69, 9.17) is 0 Å². The number of hydrogen-bond acceptors (Lipinski definition) is 5. The minimum atomic E-state index is -3.53.